The zero-order valence-electron chi connectivity index (χ0n) is 16.5. The number of carbonyl (C=O) groups excluding carboxylic acids is 2. The number of hydrogen-bond acceptors (Lipinski definition) is 3. The van der Waals surface area contributed by atoms with Crippen molar-refractivity contribution in [2.24, 2.45) is 0 Å². The average Bonchev–Trinajstić information content (AvgIpc) is 2.78. The summed E-state index contributed by atoms with van der Waals surface area (Å²) in [5.74, 6) is -0.846. The average molecular weight is 400 g/mol. The van der Waals surface area contributed by atoms with Gasteiger partial charge in [0.2, 0.25) is 11.8 Å². The zero-order valence-corrected chi connectivity index (χ0v) is 16.5. The molecule has 30 heavy (non-hydrogen) atoms. The molecule has 2 amide bonds. The van der Waals surface area contributed by atoms with E-state index in [1.807, 2.05) is 78.9 Å². The van der Waals surface area contributed by atoms with Crippen molar-refractivity contribution in [3.8, 4) is 0 Å². The second kappa shape index (κ2) is 8.93. The smallest absolute Gasteiger partial charge is 0.232 e. The third kappa shape index (κ3) is 4.58. The lowest BCUT2D eigenvalue weighted by molar-refractivity contribution is -0.123. The number of hydrogen-bond donors (Lipinski definition) is 3. The van der Waals surface area contributed by atoms with E-state index in [9.17, 15) is 14.7 Å². The topological polar surface area (TPSA) is 78.4 Å². The number of amides is 2. The number of nitrogens with one attached hydrogen (secondary N) is 2. The first-order valence-corrected chi connectivity index (χ1v) is 10.1. The number of benzene rings is 3. The van der Waals surface area contributed by atoms with Crippen molar-refractivity contribution >= 4 is 23.2 Å². The molecule has 0 radical (unpaired) electrons. The molecule has 5 nitrogen and oxygen atoms in total. The molecular formula is C25H24N2O3. The summed E-state index contributed by atoms with van der Waals surface area (Å²) in [6, 6.07) is 24.6. The molecule has 3 N–H and O–H groups in total. The van der Waals surface area contributed by atoms with Crippen LogP contribution in [0.2, 0.25) is 0 Å². The Morgan fingerprint density at radius 3 is 2.47 bits per heavy atom. The minimum atomic E-state index is -0.504. The van der Waals surface area contributed by atoms with E-state index in [0.29, 0.717) is 17.8 Å². The summed E-state index contributed by atoms with van der Waals surface area (Å²) in [6.07, 6.45) is 1.01. The van der Waals surface area contributed by atoms with Gasteiger partial charge < -0.3 is 15.7 Å². The minimum Gasteiger partial charge on any atom is -0.388 e. The molecular weight excluding hydrogens is 376 g/mol. The van der Waals surface area contributed by atoms with Crippen LogP contribution < -0.4 is 10.6 Å². The van der Waals surface area contributed by atoms with Crippen LogP contribution in [0, 0.1) is 0 Å². The van der Waals surface area contributed by atoms with Gasteiger partial charge in [-0.2, -0.15) is 0 Å². The Morgan fingerprint density at radius 1 is 1.00 bits per heavy atom. The predicted octanol–water partition coefficient (Wildman–Crippen LogP) is 4.42. The molecule has 0 saturated heterocycles. The maximum atomic E-state index is 12.8. The number of fused-ring (bicyclic) bond motifs is 1. The summed E-state index contributed by atoms with van der Waals surface area (Å²) in [5.41, 5.74) is 4.22. The Hall–Kier alpha value is -3.44. The number of aliphatic hydroxyl groups is 1. The molecule has 0 unspecified atom stereocenters. The van der Waals surface area contributed by atoms with Gasteiger partial charge in [-0.05, 0) is 47.7 Å². The molecule has 4 rings (SSSR count). The van der Waals surface area contributed by atoms with Crippen molar-refractivity contribution < 1.29 is 14.7 Å². The van der Waals surface area contributed by atoms with E-state index in [-0.39, 0.29) is 18.2 Å². The Labute approximate surface area is 175 Å². The van der Waals surface area contributed by atoms with Gasteiger partial charge in [0.1, 0.15) is 0 Å². The number of carbonyl (C=O) groups is 2. The fourth-order valence-electron chi connectivity index (χ4n) is 3.77. The van der Waals surface area contributed by atoms with Crippen LogP contribution in [0.5, 0.6) is 0 Å². The summed E-state index contributed by atoms with van der Waals surface area (Å²) in [6.45, 7) is 0. The largest absolute Gasteiger partial charge is 0.388 e. The molecule has 1 heterocycles. The second-order valence-corrected chi connectivity index (χ2v) is 7.54. The van der Waals surface area contributed by atoms with E-state index < -0.39 is 12.0 Å². The van der Waals surface area contributed by atoms with Crippen molar-refractivity contribution in [3.05, 3.63) is 95.6 Å². The molecule has 3 aromatic carbocycles. The number of anilines is 2. The highest BCUT2D eigenvalue weighted by Crippen LogP contribution is 2.32. The molecule has 2 atom stereocenters. The highest BCUT2D eigenvalue weighted by molar-refractivity contribution is 6.05. The summed E-state index contributed by atoms with van der Waals surface area (Å²) < 4.78 is 0. The van der Waals surface area contributed by atoms with Crippen LogP contribution in [-0.2, 0) is 16.0 Å². The van der Waals surface area contributed by atoms with Gasteiger partial charge in [-0.15, -0.1) is 0 Å². The molecule has 152 valence electrons. The quantitative estimate of drug-likeness (QED) is 0.573. The van der Waals surface area contributed by atoms with Crippen LogP contribution in [0.25, 0.3) is 0 Å². The first-order valence-electron chi connectivity index (χ1n) is 10.1. The van der Waals surface area contributed by atoms with Gasteiger partial charge in [0.05, 0.1) is 12.0 Å². The lowest BCUT2D eigenvalue weighted by Gasteiger charge is -2.24. The van der Waals surface area contributed by atoms with E-state index in [1.54, 1.807) is 0 Å². The normalized spacial score (nSPS) is 16.3. The molecule has 0 aliphatic carbocycles. The number of para-hydroxylation sites is 1. The fourth-order valence-corrected chi connectivity index (χ4v) is 3.77. The minimum absolute atomic E-state index is 0.137. The number of aliphatic hydroxyl groups excluding tert-OH is 1. The molecule has 0 spiro atoms. The Kier molecular flexibility index (Phi) is 5.91. The zero-order chi connectivity index (χ0) is 20.9. The van der Waals surface area contributed by atoms with Crippen LogP contribution in [0.4, 0.5) is 11.4 Å². The summed E-state index contributed by atoms with van der Waals surface area (Å²) in [4.78, 5) is 24.8. The second-order valence-electron chi connectivity index (χ2n) is 7.54. The highest BCUT2D eigenvalue weighted by Gasteiger charge is 2.30. The van der Waals surface area contributed by atoms with E-state index in [4.69, 9.17) is 0 Å². The molecule has 3 aromatic rings. The SMILES string of the molecule is O=C1C[C@H](C(=O)Nc2ccc(CC[C@H](O)c3ccccc3)cc2)c2ccccc2N1. The molecule has 1 aliphatic heterocycles. The maximum Gasteiger partial charge on any atom is 0.232 e. The van der Waals surface area contributed by atoms with Crippen molar-refractivity contribution in [3.63, 3.8) is 0 Å². The fraction of sp³-hybridized carbons (Fsp3) is 0.200. The Morgan fingerprint density at radius 2 is 1.70 bits per heavy atom. The molecule has 0 fully saturated rings. The molecule has 1 aliphatic rings. The van der Waals surface area contributed by atoms with Crippen LogP contribution in [0.3, 0.4) is 0 Å². The van der Waals surface area contributed by atoms with Gasteiger partial charge in [0.15, 0.2) is 0 Å². The summed E-state index contributed by atoms with van der Waals surface area (Å²) >= 11 is 0. The Bertz CT molecular complexity index is 1030. The summed E-state index contributed by atoms with van der Waals surface area (Å²) in [5, 5.41) is 16.0. The van der Waals surface area contributed by atoms with Gasteiger partial charge in [-0.1, -0.05) is 60.7 Å². The van der Waals surface area contributed by atoms with Crippen molar-refractivity contribution in [1.29, 1.82) is 0 Å². The number of rotatable bonds is 6. The van der Waals surface area contributed by atoms with Gasteiger partial charge >= 0.3 is 0 Å². The maximum absolute atomic E-state index is 12.8. The lowest BCUT2D eigenvalue weighted by atomic mass is 9.90. The first kappa shape index (κ1) is 19.9. The van der Waals surface area contributed by atoms with Gasteiger partial charge in [-0.25, -0.2) is 0 Å². The standard InChI is InChI=1S/C25H24N2O3/c28-23(18-6-2-1-3-7-18)15-12-17-10-13-19(14-11-17)26-25(30)21-16-24(29)27-22-9-5-4-8-20(21)22/h1-11,13-14,21,23,28H,12,15-16H2,(H,26,30)(H,27,29)/t21-,23-/m0/s1. The number of aryl methyl sites for hydroxylation is 1. The van der Waals surface area contributed by atoms with Gasteiger partial charge in [-0.3, -0.25) is 9.59 Å². The highest BCUT2D eigenvalue weighted by atomic mass is 16.3. The third-order valence-electron chi connectivity index (χ3n) is 5.43. The van der Waals surface area contributed by atoms with Crippen molar-refractivity contribution in [1.82, 2.24) is 0 Å². The predicted molar refractivity (Wildman–Crippen MR) is 117 cm³/mol. The van der Waals surface area contributed by atoms with E-state index in [0.717, 1.165) is 23.1 Å². The lowest BCUT2D eigenvalue weighted by Crippen LogP contribution is -2.30. The molecule has 5 heteroatoms. The third-order valence-corrected chi connectivity index (χ3v) is 5.43. The first-order chi connectivity index (χ1) is 14.6. The van der Waals surface area contributed by atoms with Crippen molar-refractivity contribution in [2.75, 3.05) is 10.6 Å². The Balaban J connectivity index is 1.37. The van der Waals surface area contributed by atoms with Crippen LogP contribution in [0.1, 0.15) is 41.6 Å². The summed E-state index contributed by atoms with van der Waals surface area (Å²) in [7, 11) is 0. The van der Waals surface area contributed by atoms with Crippen molar-refractivity contribution in [2.45, 2.75) is 31.3 Å². The monoisotopic (exact) mass is 400 g/mol. The molecule has 0 bridgehead atoms. The van der Waals surface area contributed by atoms with Crippen LogP contribution >= 0.6 is 0 Å². The van der Waals surface area contributed by atoms with E-state index in [1.165, 1.54) is 0 Å². The van der Waals surface area contributed by atoms with Gasteiger partial charge in [0, 0.05) is 17.8 Å². The van der Waals surface area contributed by atoms with Crippen LogP contribution in [-0.4, -0.2) is 16.9 Å². The molecule has 0 saturated carbocycles. The van der Waals surface area contributed by atoms with E-state index in [2.05, 4.69) is 10.6 Å². The van der Waals surface area contributed by atoms with Crippen LogP contribution in [0.15, 0.2) is 78.9 Å². The van der Waals surface area contributed by atoms with Gasteiger partial charge in [0.25, 0.3) is 0 Å². The molecule has 0 aromatic heterocycles. The van der Waals surface area contributed by atoms with E-state index >= 15 is 0 Å².